The Bertz CT molecular complexity index is 847. The van der Waals surface area contributed by atoms with Crippen molar-refractivity contribution in [3.63, 3.8) is 0 Å². The molecule has 1 amide bonds. The number of benzene rings is 2. The van der Waals surface area contributed by atoms with Gasteiger partial charge in [0.05, 0.1) is 6.26 Å². The predicted octanol–water partition coefficient (Wildman–Crippen LogP) is 4.75. The van der Waals surface area contributed by atoms with E-state index in [1.165, 1.54) is 6.26 Å². The van der Waals surface area contributed by atoms with Crippen LogP contribution < -0.4 is 4.74 Å². The largest absolute Gasteiger partial charge is 0.489 e. The summed E-state index contributed by atoms with van der Waals surface area (Å²) in [6.45, 7) is 1.27. The number of ether oxygens (including phenoxy) is 1. The minimum Gasteiger partial charge on any atom is -0.489 e. The Hall–Kier alpha value is -2.66. The molecule has 132 valence electrons. The molecule has 26 heavy (non-hydrogen) atoms. The first-order chi connectivity index (χ1) is 12.8. The van der Waals surface area contributed by atoms with Gasteiger partial charge in [0.25, 0.3) is 5.91 Å². The maximum absolute atomic E-state index is 12.6. The van der Waals surface area contributed by atoms with Crippen molar-refractivity contribution in [3.8, 4) is 5.75 Å². The molecule has 0 bridgehead atoms. The van der Waals surface area contributed by atoms with Gasteiger partial charge >= 0.3 is 0 Å². The molecule has 4 rings (SSSR count). The van der Waals surface area contributed by atoms with E-state index in [2.05, 4.69) is 0 Å². The molecule has 0 radical (unpaired) electrons. The summed E-state index contributed by atoms with van der Waals surface area (Å²) in [6, 6.07) is 21.5. The van der Waals surface area contributed by atoms with Gasteiger partial charge in [-0.2, -0.15) is 0 Å². The van der Waals surface area contributed by atoms with E-state index in [4.69, 9.17) is 9.15 Å². The third-order valence-corrected chi connectivity index (χ3v) is 5.56. The van der Waals surface area contributed by atoms with Gasteiger partial charge < -0.3 is 14.1 Å². The molecule has 0 spiro atoms. The minimum atomic E-state index is -0.0607. The predicted molar refractivity (Wildman–Crippen MR) is 102 cm³/mol. The molecule has 0 N–H and O–H groups in total. The van der Waals surface area contributed by atoms with Gasteiger partial charge in [0.15, 0.2) is 5.76 Å². The molecule has 1 aromatic heterocycles. The van der Waals surface area contributed by atoms with Gasteiger partial charge in [-0.1, -0.05) is 42.5 Å². The van der Waals surface area contributed by atoms with Crippen LogP contribution in [-0.2, 0) is 6.61 Å². The van der Waals surface area contributed by atoms with Crippen LogP contribution in [0.1, 0.15) is 27.1 Å². The summed E-state index contributed by atoms with van der Waals surface area (Å²) in [6.07, 6.45) is 1.53. The van der Waals surface area contributed by atoms with Crippen molar-refractivity contribution < 1.29 is 13.9 Å². The van der Waals surface area contributed by atoms with E-state index in [0.29, 0.717) is 12.4 Å². The highest BCUT2D eigenvalue weighted by Crippen LogP contribution is 2.39. The molecule has 5 heteroatoms. The fourth-order valence-electron chi connectivity index (χ4n) is 2.97. The Kier molecular flexibility index (Phi) is 4.97. The van der Waals surface area contributed by atoms with Crippen molar-refractivity contribution in [1.82, 2.24) is 4.90 Å². The number of carbonyl (C=O) groups is 1. The average molecular weight is 365 g/mol. The van der Waals surface area contributed by atoms with Gasteiger partial charge in [-0.25, -0.2) is 0 Å². The van der Waals surface area contributed by atoms with Crippen LogP contribution in [-0.4, -0.2) is 23.1 Å². The molecular formula is C21H19NO3S. The molecule has 3 aromatic rings. The number of furan rings is 1. The lowest BCUT2D eigenvalue weighted by Gasteiger charge is -2.23. The highest BCUT2D eigenvalue weighted by atomic mass is 32.2. The zero-order chi connectivity index (χ0) is 17.8. The van der Waals surface area contributed by atoms with Crippen molar-refractivity contribution in [3.05, 3.63) is 89.9 Å². The standard InChI is InChI=1S/C21H19NO3S/c23-20(19-7-4-13-24-19)22-12-14-26-21(22)17-8-10-18(11-9-17)25-15-16-5-2-1-3-6-16/h1-11,13,21H,12,14-15H2/t21-/m0/s1. The molecule has 2 aromatic carbocycles. The van der Waals surface area contributed by atoms with E-state index in [-0.39, 0.29) is 11.3 Å². The summed E-state index contributed by atoms with van der Waals surface area (Å²) in [5, 5.41) is 0.00998. The number of hydrogen-bond acceptors (Lipinski definition) is 4. The molecule has 1 aliphatic rings. The number of carbonyl (C=O) groups excluding carboxylic acids is 1. The minimum absolute atomic E-state index is 0.00998. The quantitative estimate of drug-likeness (QED) is 0.655. The summed E-state index contributed by atoms with van der Waals surface area (Å²) in [7, 11) is 0. The van der Waals surface area contributed by atoms with Crippen LogP contribution >= 0.6 is 11.8 Å². The van der Waals surface area contributed by atoms with Gasteiger partial charge in [-0.15, -0.1) is 11.8 Å². The van der Waals surface area contributed by atoms with Crippen LogP contribution in [0.15, 0.2) is 77.4 Å². The van der Waals surface area contributed by atoms with Gasteiger partial charge in [-0.3, -0.25) is 4.79 Å². The van der Waals surface area contributed by atoms with E-state index in [0.717, 1.165) is 29.2 Å². The Labute approximate surface area is 156 Å². The topological polar surface area (TPSA) is 42.7 Å². The lowest BCUT2D eigenvalue weighted by molar-refractivity contribution is 0.0728. The second-order valence-electron chi connectivity index (χ2n) is 6.04. The molecule has 2 heterocycles. The van der Waals surface area contributed by atoms with Gasteiger partial charge in [-0.05, 0) is 35.4 Å². The molecule has 0 saturated carbocycles. The Morgan fingerprint density at radius 1 is 1.08 bits per heavy atom. The van der Waals surface area contributed by atoms with E-state index in [1.54, 1.807) is 23.9 Å². The van der Waals surface area contributed by atoms with Crippen molar-refractivity contribution in [2.24, 2.45) is 0 Å². The van der Waals surface area contributed by atoms with Crippen LogP contribution in [0, 0.1) is 0 Å². The Morgan fingerprint density at radius 3 is 2.62 bits per heavy atom. The maximum Gasteiger partial charge on any atom is 0.290 e. The third kappa shape index (κ3) is 3.63. The summed E-state index contributed by atoms with van der Waals surface area (Å²) in [5.41, 5.74) is 2.23. The molecule has 1 atom stereocenters. The molecule has 1 aliphatic heterocycles. The zero-order valence-corrected chi connectivity index (χ0v) is 15.0. The van der Waals surface area contributed by atoms with Crippen LogP contribution in [0.4, 0.5) is 0 Å². The summed E-state index contributed by atoms with van der Waals surface area (Å²) < 4.78 is 11.1. The van der Waals surface area contributed by atoms with Crippen LogP contribution in [0.2, 0.25) is 0 Å². The highest BCUT2D eigenvalue weighted by molar-refractivity contribution is 7.99. The van der Waals surface area contributed by atoms with Crippen molar-refractivity contribution in [2.75, 3.05) is 12.3 Å². The normalized spacial score (nSPS) is 16.6. The fourth-order valence-corrected chi connectivity index (χ4v) is 4.22. The second-order valence-corrected chi connectivity index (χ2v) is 7.23. The number of amides is 1. The van der Waals surface area contributed by atoms with Crippen molar-refractivity contribution in [2.45, 2.75) is 12.0 Å². The first-order valence-corrected chi connectivity index (χ1v) is 9.59. The summed E-state index contributed by atoms with van der Waals surface area (Å²) in [5.74, 6) is 2.07. The molecule has 1 saturated heterocycles. The van der Waals surface area contributed by atoms with E-state index in [1.807, 2.05) is 59.5 Å². The zero-order valence-electron chi connectivity index (χ0n) is 14.2. The van der Waals surface area contributed by atoms with E-state index >= 15 is 0 Å². The van der Waals surface area contributed by atoms with Crippen molar-refractivity contribution in [1.29, 1.82) is 0 Å². The summed E-state index contributed by atoms with van der Waals surface area (Å²) >= 11 is 1.77. The fraction of sp³-hybridized carbons (Fsp3) is 0.190. The number of rotatable bonds is 5. The lowest BCUT2D eigenvalue weighted by atomic mass is 10.2. The van der Waals surface area contributed by atoms with Crippen LogP contribution in [0.25, 0.3) is 0 Å². The molecule has 1 fully saturated rings. The first kappa shape index (κ1) is 16.8. The average Bonchev–Trinajstić information content (AvgIpc) is 3.39. The van der Waals surface area contributed by atoms with Crippen LogP contribution in [0.3, 0.4) is 0 Å². The van der Waals surface area contributed by atoms with Gasteiger partial charge in [0.2, 0.25) is 0 Å². The number of nitrogens with zero attached hydrogens (tertiary/aromatic N) is 1. The second kappa shape index (κ2) is 7.70. The lowest BCUT2D eigenvalue weighted by Crippen LogP contribution is -2.30. The highest BCUT2D eigenvalue weighted by Gasteiger charge is 2.32. The van der Waals surface area contributed by atoms with Gasteiger partial charge in [0.1, 0.15) is 17.7 Å². The Morgan fingerprint density at radius 2 is 1.88 bits per heavy atom. The third-order valence-electron chi connectivity index (χ3n) is 4.30. The van der Waals surface area contributed by atoms with E-state index < -0.39 is 0 Å². The van der Waals surface area contributed by atoms with Crippen LogP contribution in [0.5, 0.6) is 5.75 Å². The maximum atomic E-state index is 12.6. The first-order valence-electron chi connectivity index (χ1n) is 8.54. The molecular weight excluding hydrogens is 346 g/mol. The van der Waals surface area contributed by atoms with Crippen molar-refractivity contribution >= 4 is 17.7 Å². The van der Waals surface area contributed by atoms with Gasteiger partial charge in [0, 0.05) is 12.3 Å². The molecule has 4 nitrogen and oxygen atoms in total. The monoisotopic (exact) mass is 365 g/mol. The smallest absolute Gasteiger partial charge is 0.290 e. The Balaban J connectivity index is 1.43. The SMILES string of the molecule is O=C(c1ccco1)N1CCS[C@H]1c1ccc(OCc2ccccc2)cc1. The molecule has 0 aliphatic carbocycles. The summed E-state index contributed by atoms with van der Waals surface area (Å²) in [4.78, 5) is 14.5. The molecule has 0 unspecified atom stereocenters. The number of thioether (sulfide) groups is 1. The van der Waals surface area contributed by atoms with E-state index in [9.17, 15) is 4.79 Å². The number of hydrogen-bond donors (Lipinski definition) is 0.